The first-order valence-electron chi connectivity index (χ1n) is 7.56. The highest BCUT2D eigenvalue weighted by atomic mass is 32.1. The molecule has 22 heavy (non-hydrogen) atoms. The van der Waals surface area contributed by atoms with Gasteiger partial charge in [-0.15, -0.1) is 21.5 Å². The van der Waals surface area contributed by atoms with Crippen LogP contribution in [0.2, 0.25) is 0 Å². The van der Waals surface area contributed by atoms with Gasteiger partial charge in [0.05, 0.1) is 19.6 Å². The lowest BCUT2D eigenvalue weighted by molar-refractivity contribution is -0.136. The average Bonchev–Trinajstić information content (AvgIpc) is 3.14. The molecule has 2 aromatic heterocycles. The van der Waals surface area contributed by atoms with Crippen LogP contribution in [-0.2, 0) is 29.0 Å². The summed E-state index contributed by atoms with van der Waals surface area (Å²) in [5, 5.41) is 10.3. The maximum absolute atomic E-state index is 12.6. The second-order valence-corrected chi connectivity index (χ2v) is 6.70. The molecule has 2 aliphatic rings. The Labute approximate surface area is 132 Å². The third-order valence-corrected chi connectivity index (χ3v) is 5.47. The predicted molar refractivity (Wildman–Crippen MR) is 81.5 cm³/mol. The van der Waals surface area contributed by atoms with Crippen molar-refractivity contribution in [3.8, 4) is 0 Å². The minimum atomic E-state index is -0.0854. The Morgan fingerprint density at radius 2 is 2.36 bits per heavy atom. The van der Waals surface area contributed by atoms with Crippen molar-refractivity contribution in [2.75, 3.05) is 13.2 Å². The number of aromatic nitrogens is 3. The van der Waals surface area contributed by atoms with Gasteiger partial charge >= 0.3 is 0 Å². The maximum atomic E-state index is 12.6. The largest absolute Gasteiger partial charge is 0.372 e. The second-order valence-electron chi connectivity index (χ2n) is 5.75. The van der Waals surface area contributed by atoms with Crippen molar-refractivity contribution in [1.82, 2.24) is 19.7 Å². The van der Waals surface area contributed by atoms with Crippen molar-refractivity contribution in [3.63, 3.8) is 0 Å². The lowest BCUT2D eigenvalue weighted by atomic mass is 10.0. The molecule has 0 bridgehead atoms. The summed E-state index contributed by atoms with van der Waals surface area (Å²) in [6.07, 6.45) is 1.29. The van der Waals surface area contributed by atoms with E-state index in [4.69, 9.17) is 4.74 Å². The van der Waals surface area contributed by atoms with Crippen LogP contribution in [0.15, 0.2) is 11.4 Å². The number of thiophene rings is 1. The highest BCUT2D eigenvalue weighted by Gasteiger charge is 2.29. The molecule has 0 radical (unpaired) electrons. The molecule has 0 saturated heterocycles. The van der Waals surface area contributed by atoms with Crippen LogP contribution >= 0.6 is 11.3 Å². The van der Waals surface area contributed by atoms with Gasteiger partial charge in [-0.2, -0.15) is 0 Å². The van der Waals surface area contributed by atoms with Crippen LogP contribution in [0.5, 0.6) is 0 Å². The fourth-order valence-corrected chi connectivity index (χ4v) is 4.18. The molecule has 0 spiro atoms. The van der Waals surface area contributed by atoms with Gasteiger partial charge in [-0.3, -0.25) is 4.79 Å². The van der Waals surface area contributed by atoms with E-state index in [-0.39, 0.29) is 12.0 Å². The van der Waals surface area contributed by atoms with Crippen LogP contribution in [-0.4, -0.2) is 38.7 Å². The Bertz CT molecular complexity index is 708. The number of amides is 1. The summed E-state index contributed by atoms with van der Waals surface area (Å²) in [6, 6.07) is 2.14. The van der Waals surface area contributed by atoms with Crippen molar-refractivity contribution < 1.29 is 9.53 Å². The summed E-state index contributed by atoms with van der Waals surface area (Å²) in [4.78, 5) is 15.7. The van der Waals surface area contributed by atoms with Gasteiger partial charge in [0.15, 0.2) is 5.82 Å². The quantitative estimate of drug-likeness (QED) is 0.845. The molecular weight excluding hydrogens is 300 g/mol. The highest BCUT2D eigenvalue weighted by Crippen LogP contribution is 2.34. The van der Waals surface area contributed by atoms with E-state index in [0.29, 0.717) is 26.1 Å². The number of carbonyl (C=O) groups excluding carboxylic acids is 1. The zero-order valence-corrected chi connectivity index (χ0v) is 13.3. The van der Waals surface area contributed by atoms with Gasteiger partial charge in [0.25, 0.3) is 0 Å². The number of hydrogen-bond donors (Lipinski definition) is 0. The van der Waals surface area contributed by atoms with Crippen LogP contribution in [0, 0.1) is 6.92 Å². The smallest absolute Gasteiger partial charge is 0.226 e. The third kappa shape index (κ3) is 2.34. The minimum absolute atomic E-state index is 0.0854. The first kappa shape index (κ1) is 13.9. The number of nitrogens with zero attached hydrogens (tertiary/aromatic N) is 4. The van der Waals surface area contributed by atoms with Crippen molar-refractivity contribution in [3.05, 3.63) is 33.5 Å². The molecule has 0 N–H and O–H groups in total. The Morgan fingerprint density at radius 1 is 1.45 bits per heavy atom. The summed E-state index contributed by atoms with van der Waals surface area (Å²) in [5.41, 5.74) is 1.34. The van der Waals surface area contributed by atoms with E-state index in [1.54, 1.807) is 11.3 Å². The van der Waals surface area contributed by atoms with Gasteiger partial charge in [-0.1, -0.05) is 0 Å². The number of carbonyl (C=O) groups is 1. The zero-order valence-electron chi connectivity index (χ0n) is 12.5. The second kappa shape index (κ2) is 5.48. The number of ether oxygens (including phenoxy) is 1. The van der Waals surface area contributed by atoms with Gasteiger partial charge in [-0.25, -0.2) is 0 Å². The molecule has 1 atom stereocenters. The maximum Gasteiger partial charge on any atom is 0.226 e. The Hall–Kier alpha value is -1.73. The SMILES string of the molecule is Cc1nnc2n1CCN(C(=O)CC1OCCc3ccsc31)C2. The summed E-state index contributed by atoms with van der Waals surface area (Å²) < 4.78 is 7.91. The first-order chi connectivity index (χ1) is 10.7. The van der Waals surface area contributed by atoms with Crippen LogP contribution in [0.25, 0.3) is 0 Å². The molecule has 2 aromatic rings. The van der Waals surface area contributed by atoms with Crippen molar-refractivity contribution in [1.29, 1.82) is 0 Å². The molecule has 1 amide bonds. The lowest BCUT2D eigenvalue weighted by Crippen LogP contribution is -2.39. The van der Waals surface area contributed by atoms with Gasteiger partial charge in [-0.05, 0) is 30.4 Å². The van der Waals surface area contributed by atoms with E-state index < -0.39 is 0 Å². The summed E-state index contributed by atoms with van der Waals surface area (Å²) in [5.74, 6) is 1.93. The first-order valence-corrected chi connectivity index (χ1v) is 8.44. The predicted octanol–water partition coefficient (Wildman–Crippen LogP) is 1.69. The fourth-order valence-electron chi connectivity index (χ4n) is 3.18. The molecule has 116 valence electrons. The molecule has 7 heteroatoms. The summed E-state index contributed by atoms with van der Waals surface area (Å²) >= 11 is 1.69. The molecule has 6 nitrogen and oxygen atoms in total. The van der Waals surface area contributed by atoms with E-state index >= 15 is 0 Å². The van der Waals surface area contributed by atoms with Gasteiger partial charge < -0.3 is 14.2 Å². The molecule has 0 saturated carbocycles. The van der Waals surface area contributed by atoms with Crippen LogP contribution in [0.4, 0.5) is 0 Å². The van der Waals surface area contributed by atoms with Crippen LogP contribution < -0.4 is 0 Å². The topological polar surface area (TPSA) is 60.2 Å². The number of aryl methyl sites for hydroxylation is 1. The standard InChI is InChI=1S/C15H18N4O2S/c1-10-16-17-13-9-18(4-5-19(10)13)14(20)8-12-15-11(2-6-21-12)3-7-22-15/h3,7,12H,2,4-6,8-9H2,1H3. The number of hydrogen-bond acceptors (Lipinski definition) is 5. The minimum Gasteiger partial charge on any atom is -0.372 e. The molecule has 2 aliphatic heterocycles. The van der Waals surface area contributed by atoms with E-state index in [2.05, 4.69) is 26.2 Å². The Morgan fingerprint density at radius 3 is 3.27 bits per heavy atom. The van der Waals surface area contributed by atoms with Crippen molar-refractivity contribution in [2.24, 2.45) is 0 Å². The van der Waals surface area contributed by atoms with Gasteiger partial charge in [0.2, 0.25) is 5.91 Å². The van der Waals surface area contributed by atoms with E-state index in [1.165, 1.54) is 10.4 Å². The fraction of sp³-hybridized carbons (Fsp3) is 0.533. The summed E-state index contributed by atoms with van der Waals surface area (Å²) in [6.45, 7) is 4.69. The number of fused-ring (bicyclic) bond motifs is 2. The van der Waals surface area contributed by atoms with Crippen molar-refractivity contribution >= 4 is 17.2 Å². The number of rotatable bonds is 2. The van der Waals surface area contributed by atoms with Crippen LogP contribution in [0.1, 0.15) is 34.6 Å². The molecule has 0 aliphatic carbocycles. The van der Waals surface area contributed by atoms with E-state index in [9.17, 15) is 4.79 Å². The zero-order chi connectivity index (χ0) is 15.1. The normalized spacial score (nSPS) is 20.6. The van der Waals surface area contributed by atoms with Gasteiger partial charge in [0, 0.05) is 18.0 Å². The molecule has 4 heterocycles. The van der Waals surface area contributed by atoms with Crippen LogP contribution in [0.3, 0.4) is 0 Å². The molecular formula is C15H18N4O2S. The monoisotopic (exact) mass is 318 g/mol. The summed E-state index contributed by atoms with van der Waals surface area (Å²) in [7, 11) is 0. The average molecular weight is 318 g/mol. The Kier molecular flexibility index (Phi) is 3.46. The lowest BCUT2D eigenvalue weighted by Gasteiger charge is -2.30. The Balaban J connectivity index is 1.46. The van der Waals surface area contributed by atoms with Gasteiger partial charge in [0.1, 0.15) is 11.9 Å². The van der Waals surface area contributed by atoms with E-state index in [0.717, 1.165) is 24.6 Å². The highest BCUT2D eigenvalue weighted by molar-refractivity contribution is 7.10. The van der Waals surface area contributed by atoms with E-state index in [1.807, 2.05) is 11.8 Å². The molecule has 4 rings (SSSR count). The van der Waals surface area contributed by atoms with Crippen molar-refractivity contribution in [2.45, 2.75) is 39.0 Å². The molecule has 0 fully saturated rings. The molecule has 0 aromatic carbocycles. The third-order valence-electron chi connectivity index (χ3n) is 4.41. The molecule has 1 unspecified atom stereocenters.